The van der Waals surface area contributed by atoms with Gasteiger partial charge in [-0.05, 0) is 30.2 Å². The lowest BCUT2D eigenvalue weighted by atomic mass is 10.0. The van der Waals surface area contributed by atoms with Gasteiger partial charge in [-0.25, -0.2) is 4.79 Å². The Labute approximate surface area is 134 Å². The number of amides is 1. The van der Waals surface area contributed by atoms with E-state index in [-0.39, 0.29) is 18.1 Å². The Hall–Kier alpha value is -2.50. The second kappa shape index (κ2) is 7.67. The van der Waals surface area contributed by atoms with Gasteiger partial charge in [0, 0.05) is 29.9 Å². The number of rotatable bonds is 8. The van der Waals surface area contributed by atoms with Gasteiger partial charge in [-0.1, -0.05) is 19.8 Å². The zero-order valence-corrected chi connectivity index (χ0v) is 13.1. The molecule has 0 radical (unpaired) electrons. The van der Waals surface area contributed by atoms with Crippen LogP contribution in [0.3, 0.4) is 0 Å². The van der Waals surface area contributed by atoms with E-state index in [9.17, 15) is 19.8 Å². The molecule has 0 unspecified atom stereocenters. The molecule has 1 aromatic carbocycles. The fourth-order valence-electron chi connectivity index (χ4n) is 2.56. The minimum Gasteiger partial charge on any atom is -0.508 e. The van der Waals surface area contributed by atoms with Gasteiger partial charge in [-0.15, -0.1) is 0 Å². The number of carboxylic acids is 1. The maximum absolute atomic E-state index is 11.9. The van der Waals surface area contributed by atoms with Crippen molar-refractivity contribution in [2.75, 3.05) is 0 Å². The van der Waals surface area contributed by atoms with E-state index in [2.05, 4.69) is 10.3 Å². The summed E-state index contributed by atoms with van der Waals surface area (Å²) in [4.78, 5) is 26.3. The number of aromatic amines is 1. The van der Waals surface area contributed by atoms with Crippen LogP contribution in [0.5, 0.6) is 5.75 Å². The van der Waals surface area contributed by atoms with Crippen molar-refractivity contribution in [1.82, 2.24) is 10.3 Å². The number of aromatic nitrogens is 1. The molecule has 6 heteroatoms. The third-order valence-corrected chi connectivity index (χ3v) is 3.82. The highest BCUT2D eigenvalue weighted by Crippen LogP contribution is 2.24. The highest BCUT2D eigenvalue weighted by Gasteiger charge is 2.21. The van der Waals surface area contributed by atoms with Crippen molar-refractivity contribution >= 4 is 22.8 Å². The number of H-pyrrole nitrogens is 1. The predicted octanol–water partition coefficient (Wildman–Crippen LogP) is 2.57. The molecule has 4 N–H and O–H groups in total. The minimum atomic E-state index is -1.07. The lowest BCUT2D eigenvalue weighted by Gasteiger charge is -2.14. The van der Waals surface area contributed by atoms with E-state index in [0.29, 0.717) is 6.42 Å². The molecule has 0 aliphatic heterocycles. The van der Waals surface area contributed by atoms with E-state index >= 15 is 0 Å². The molecule has 23 heavy (non-hydrogen) atoms. The van der Waals surface area contributed by atoms with E-state index in [1.807, 2.05) is 6.92 Å². The van der Waals surface area contributed by atoms with Crippen LogP contribution in [0.4, 0.5) is 0 Å². The smallest absolute Gasteiger partial charge is 0.326 e. The van der Waals surface area contributed by atoms with Gasteiger partial charge < -0.3 is 20.5 Å². The number of nitrogens with one attached hydrogen (secondary N) is 2. The summed E-state index contributed by atoms with van der Waals surface area (Å²) in [5.41, 5.74) is 1.56. The van der Waals surface area contributed by atoms with Crippen molar-refractivity contribution in [3.05, 3.63) is 30.0 Å². The number of hydrogen-bond acceptors (Lipinski definition) is 3. The van der Waals surface area contributed by atoms with Crippen LogP contribution >= 0.6 is 0 Å². The zero-order valence-electron chi connectivity index (χ0n) is 13.1. The van der Waals surface area contributed by atoms with Crippen molar-refractivity contribution in [3.63, 3.8) is 0 Å². The molecule has 0 aliphatic carbocycles. The molecule has 124 valence electrons. The Balaban J connectivity index is 2.07. The number of benzene rings is 1. The van der Waals surface area contributed by atoms with Gasteiger partial charge in [0.15, 0.2) is 0 Å². The summed E-state index contributed by atoms with van der Waals surface area (Å²) in [6.07, 6.45) is 4.94. The monoisotopic (exact) mass is 318 g/mol. The first-order chi connectivity index (χ1) is 11.0. The van der Waals surface area contributed by atoms with Crippen molar-refractivity contribution < 1.29 is 19.8 Å². The highest BCUT2D eigenvalue weighted by atomic mass is 16.4. The van der Waals surface area contributed by atoms with Crippen LogP contribution in [0, 0.1) is 0 Å². The Bertz CT molecular complexity index is 693. The first-order valence-corrected chi connectivity index (χ1v) is 7.82. The molecule has 0 fully saturated rings. The van der Waals surface area contributed by atoms with Crippen LogP contribution in [0.2, 0.25) is 0 Å². The summed E-state index contributed by atoms with van der Waals surface area (Å²) in [6.45, 7) is 2.05. The minimum absolute atomic E-state index is 0.119. The van der Waals surface area contributed by atoms with Crippen LogP contribution in [-0.2, 0) is 16.0 Å². The van der Waals surface area contributed by atoms with Gasteiger partial charge in [0.2, 0.25) is 5.91 Å². The maximum Gasteiger partial charge on any atom is 0.326 e. The quantitative estimate of drug-likeness (QED) is 0.562. The van der Waals surface area contributed by atoms with Gasteiger partial charge in [0.1, 0.15) is 11.8 Å². The number of phenolic OH excluding ortho intramolecular Hbond substituents is 1. The van der Waals surface area contributed by atoms with Crippen molar-refractivity contribution in [2.24, 2.45) is 0 Å². The fourth-order valence-corrected chi connectivity index (χ4v) is 2.56. The third kappa shape index (κ3) is 4.48. The Morgan fingerprint density at radius 2 is 2.09 bits per heavy atom. The molecule has 0 bridgehead atoms. The molecule has 2 rings (SSSR count). The highest BCUT2D eigenvalue weighted by molar-refractivity contribution is 5.87. The number of carbonyl (C=O) groups excluding carboxylic acids is 1. The van der Waals surface area contributed by atoms with Gasteiger partial charge in [-0.3, -0.25) is 4.79 Å². The van der Waals surface area contributed by atoms with Gasteiger partial charge in [0.05, 0.1) is 0 Å². The summed E-state index contributed by atoms with van der Waals surface area (Å²) < 4.78 is 0. The van der Waals surface area contributed by atoms with Crippen molar-refractivity contribution in [3.8, 4) is 5.75 Å². The number of fused-ring (bicyclic) bond motifs is 1. The van der Waals surface area contributed by atoms with Crippen molar-refractivity contribution in [1.29, 1.82) is 0 Å². The Kier molecular flexibility index (Phi) is 5.62. The molecule has 2 aromatic rings. The Morgan fingerprint density at radius 3 is 2.78 bits per heavy atom. The number of carbonyl (C=O) groups is 2. The molecule has 6 nitrogen and oxygen atoms in total. The largest absolute Gasteiger partial charge is 0.508 e. The molecule has 1 amide bonds. The van der Waals surface area contributed by atoms with E-state index in [1.165, 1.54) is 0 Å². The van der Waals surface area contributed by atoms with Crippen LogP contribution in [-0.4, -0.2) is 33.1 Å². The summed E-state index contributed by atoms with van der Waals surface area (Å²) in [7, 11) is 0. The summed E-state index contributed by atoms with van der Waals surface area (Å²) >= 11 is 0. The van der Waals surface area contributed by atoms with Crippen LogP contribution < -0.4 is 5.32 Å². The average molecular weight is 318 g/mol. The summed E-state index contributed by atoms with van der Waals surface area (Å²) in [6, 6.07) is 3.90. The van der Waals surface area contributed by atoms with E-state index in [1.54, 1.807) is 24.4 Å². The SMILES string of the molecule is CCCCCC(=O)N[C@@H](Cc1c[nH]c2ccc(O)cc12)C(=O)O. The first-order valence-electron chi connectivity index (χ1n) is 7.82. The molecule has 0 saturated heterocycles. The van der Waals surface area contributed by atoms with Crippen LogP contribution in [0.25, 0.3) is 10.9 Å². The maximum atomic E-state index is 11.9. The first kappa shape index (κ1) is 16.9. The van der Waals surface area contributed by atoms with Crippen LogP contribution in [0.15, 0.2) is 24.4 Å². The number of phenols is 1. The molecule has 1 heterocycles. The average Bonchev–Trinajstić information content (AvgIpc) is 2.89. The molecular formula is C17H22N2O4. The molecule has 1 atom stereocenters. The van der Waals surface area contributed by atoms with Crippen LogP contribution in [0.1, 0.15) is 38.2 Å². The summed E-state index contributed by atoms with van der Waals surface area (Å²) in [5, 5.41) is 22.3. The molecule has 0 saturated carbocycles. The lowest BCUT2D eigenvalue weighted by Crippen LogP contribution is -2.42. The van der Waals surface area contributed by atoms with E-state index in [0.717, 1.165) is 35.7 Å². The predicted molar refractivity (Wildman–Crippen MR) is 87.4 cm³/mol. The van der Waals surface area contributed by atoms with Crippen molar-refractivity contribution in [2.45, 2.75) is 45.1 Å². The van der Waals surface area contributed by atoms with Gasteiger partial charge in [0.25, 0.3) is 0 Å². The normalized spacial score (nSPS) is 12.2. The standard InChI is InChI=1S/C17H22N2O4/c1-2-3-4-5-16(21)19-15(17(22)23)8-11-10-18-14-7-6-12(20)9-13(11)14/h6-7,9-10,15,18,20H,2-5,8H2,1H3,(H,19,21)(H,22,23)/t15-/m0/s1. The second-order valence-electron chi connectivity index (χ2n) is 5.66. The number of carboxylic acid groups (broad SMARTS) is 1. The molecular weight excluding hydrogens is 296 g/mol. The molecule has 0 aliphatic rings. The zero-order chi connectivity index (χ0) is 16.8. The topological polar surface area (TPSA) is 102 Å². The van der Waals surface area contributed by atoms with Gasteiger partial charge >= 0.3 is 5.97 Å². The van der Waals surface area contributed by atoms with E-state index < -0.39 is 12.0 Å². The Morgan fingerprint density at radius 1 is 1.30 bits per heavy atom. The number of unbranched alkanes of at least 4 members (excludes halogenated alkanes) is 2. The second-order valence-corrected chi connectivity index (χ2v) is 5.66. The lowest BCUT2D eigenvalue weighted by molar-refractivity contribution is -0.141. The number of aromatic hydroxyl groups is 1. The fraction of sp³-hybridized carbons (Fsp3) is 0.412. The number of hydrogen-bond donors (Lipinski definition) is 4. The molecule has 0 spiro atoms. The number of aliphatic carboxylic acids is 1. The molecule has 1 aromatic heterocycles. The van der Waals surface area contributed by atoms with Gasteiger partial charge in [-0.2, -0.15) is 0 Å². The third-order valence-electron chi connectivity index (χ3n) is 3.82. The van der Waals surface area contributed by atoms with E-state index in [4.69, 9.17) is 0 Å². The summed E-state index contributed by atoms with van der Waals surface area (Å²) in [5.74, 6) is -1.19.